The van der Waals surface area contributed by atoms with E-state index >= 15 is 0 Å². The van der Waals surface area contributed by atoms with Gasteiger partial charge in [-0.3, -0.25) is 10.1 Å². The van der Waals surface area contributed by atoms with Gasteiger partial charge in [-0.25, -0.2) is 8.78 Å². The van der Waals surface area contributed by atoms with Crippen LogP contribution in [-0.2, 0) is 11.3 Å². The van der Waals surface area contributed by atoms with Crippen molar-refractivity contribution in [1.29, 1.82) is 0 Å². The highest BCUT2D eigenvalue weighted by atomic mass is 35.5. The number of amides is 1. The molecule has 4 nitrogen and oxygen atoms in total. The van der Waals surface area contributed by atoms with Crippen LogP contribution in [0.3, 0.4) is 0 Å². The van der Waals surface area contributed by atoms with Gasteiger partial charge in [0, 0.05) is 13.0 Å². The number of hydrogen-bond acceptors (Lipinski definition) is 3. The molecule has 1 amide bonds. The second-order valence-corrected chi connectivity index (χ2v) is 4.73. The molecule has 1 aromatic carbocycles. The van der Waals surface area contributed by atoms with Gasteiger partial charge < -0.3 is 10.1 Å². The monoisotopic (exact) mass is 342 g/mol. The Hall–Kier alpha value is -1.54. The largest absolute Gasteiger partial charge is 0.435 e. The average Bonchev–Trinajstić information content (AvgIpc) is 2.77. The summed E-state index contributed by atoms with van der Waals surface area (Å²) in [6.45, 7) is -3.28. The number of benzene rings is 1. The first-order valence-corrected chi connectivity index (χ1v) is 6.28. The molecule has 0 aliphatic carbocycles. The Labute approximate surface area is 130 Å². The molecule has 9 heteroatoms. The first kappa shape index (κ1) is 18.5. The molecule has 1 heterocycles. The van der Waals surface area contributed by atoms with E-state index in [2.05, 4.69) is 15.4 Å². The van der Waals surface area contributed by atoms with Crippen LogP contribution in [-0.4, -0.2) is 31.0 Å². The van der Waals surface area contributed by atoms with Crippen molar-refractivity contribution >= 4 is 18.3 Å². The minimum atomic E-state index is -2.90. The van der Waals surface area contributed by atoms with Crippen molar-refractivity contribution in [2.75, 3.05) is 6.54 Å². The molecule has 1 aliphatic heterocycles. The zero-order chi connectivity index (χ0) is 15.5. The van der Waals surface area contributed by atoms with Crippen molar-refractivity contribution in [2.24, 2.45) is 0 Å². The Balaban J connectivity index is 0.00000242. The molecule has 1 atom stereocenters. The summed E-state index contributed by atoms with van der Waals surface area (Å²) in [6.07, 6.45) is -0.528. The van der Waals surface area contributed by atoms with E-state index in [1.807, 2.05) is 0 Å². The van der Waals surface area contributed by atoms with Crippen molar-refractivity contribution in [1.82, 2.24) is 10.6 Å². The third-order valence-electron chi connectivity index (χ3n) is 3.04. The minimum Gasteiger partial charge on any atom is -0.435 e. The third-order valence-corrected chi connectivity index (χ3v) is 3.04. The van der Waals surface area contributed by atoms with E-state index in [1.54, 1.807) is 0 Å². The smallest absolute Gasteiger partial charge is 0.387 e. The van der Waals surface area contributed by atoms with E-state index < -0.39 is 37.4 Å². The maximum absolute atomic E-state index is 12.9. The molecule has 2 N–H and O–H groups in total. The molecule has 0 aromatic heterocycles. The molecule has 2 rings (SSSR count). The van der Waals surface area contributed by atoms with Crippen molar-refractivity contribution in [2.45, 2.75) is 31.5 Å². The van der Waals surface area contributed by atoms with Gasteiger partial charge in [0.15, 0.2) is 0 Å². The Morgan fingerprint density at radius 2 is 2.00 bits per heavy atom. The first-order valence-electron chi connectivity index (χ1n) is 6.28. The van der Waals surface area contributed by atoms with Crippen LogP contribution >= 0.6 is 12.4 Å². The average molecular weight is 343 g/mol. The summed E-state index contributed by atoms with van der Waals surface area (Å²) in [7, 11) is 0. The van der Waals surface area contributed by atoms with Crippen LogP contribution in [0.25, 0.3) is 0 Å². The molecule has 0 spiro atoms. The topological polar surface area (TPSA) is 50.4 Å². The lowest BCUT2D eigenvalue weighted by Crippen LogP contribution is -2.40. The molecule has 1 unspecified atom stereocenters. The van der Waals surface area contributed by atoms with Gasteiger partial charge in [0.1, 0.15) is 5.75 Å². The molecule has 1 aromatic rings. The van der Waals surface area contributed by atoms with Gasteiger partial charge in [0.25, 0.3) is 5.92 Å². The van der Waals surface area contributed by atoms with Crippen LogP contribution in [0.5, 0.6) is 5.75 Å². The highest BCUT2D eigenvalue weighted by Crippen LogP contribution is 2.25. The number of hydrogen-bond donors (Lipinski definition) is 2. The zero-order valence-corrected chi connectivity index (χ0v) is 12.1. The number of carbonyl (C=O) groups is 1. The molecule has 124 valence electrons. The van der Waals surface area contributed by atoms with E-state index in [0.717, 1.165) is 0 Å². The Morgan fingerprint density at radius 1 is 1.36 bits per heavy atom. The molecule has 1 fully saturated rings. The van der Waals surface area contributed by atoms with Gasteiger partial charge in [-0.15, -0.1) is 12.4 Å². The Bertz CT molecular complexity index is 499. The van der Waals surface area contributed by atoms with Gasteiger partial charge in [-0.05, 0) is 17.7 Å². The minimum absolute atomic E-state index is 0. The molecule has 1 aliphatic rings. The van der Waals surface area contributed by atoms with Crippen LogP contribution in [0.4, 0.5) is 17.6 Å². The SMILES string of the molecule is Cl.O=C(NCc1ccc(OC(F)F)cc1)C1CC(F)(F)CN1. The highest BCUT2D eigenvalue weighted by Gasteiger charge is 2.42. The second kappa shape index (κ2) is 7.64. The van der Waals surface area contributed by atoms with Crippen LogP contribution in [0.1, 0.15) is 12.0 Å². The molecule has 0 radical (unpaired) electrons. The molecular formula is C13H15ClF4N2O2. The van der Waals surface area contributed by atoms with Crippen LogP contribution in [0.2, 0.25) is 0 Å². The summed E-state index contributed by atoms with van der Waals surface area (Å²) in [6, 6.07) is 4.79. The number of alkyl halides is 4. The molecule has 0 saturated carbocycles. The summed E-state index contributed by atoms with van der Waals surface area (Å²) in [5.41, 5.74) is 0.648. The van der Waals surface area contributed by atoms with E-state index in [0.29, 0.717) is 5.56 Å². The number of ether oxygens (including phenoxy) is 1. The Kier molecular flexibility index (Phi) is 6.43. The lowest BCUT2D eigenvalue weighted by atomic mass is 10.1. The number of rotatable bonds is 5. The lowest BCUT2D eigenvalue weighted by molar-refractivity contribution is -0.123. The van der Waals surface area contributed by atoms with E-state index in [-0.39, 0.29) is 24.7 Å². The normalized spacial score (nSPS) is 19.6. The van der Waals surface area contributed by atoms with E-state index in [9.17, 15) is 22.4 Å². The Morgan fingerprint density at radius 3 is 2.50 bits per heavy atom. The fourth-order valence-electron chi connectivity index (χ4n) is 2.00. The molecule has 0 bridgehead atoms. The summed E-state index contributed by atoms with van der Waals surface area (Å²) in [5.74, 6) is -3.37. The van der Waals surface area contributed by atoms with E-state index in [1.165, 1.54) is 24.3 Å². The quantitative estimate of drug-likeness (QED) is 0.808. The van der Waals surface area contributed by atoms with E-state index in [4.69, 9.17) is 0 Å². The van der Waals surface area contributed by atoms with Crippen LogP contribution in [0, 0.1) is 0 Å². The maximum atomic E-state index is 12.9. The van der Waals surface area contributed by atoms with Gasteiger partial charge in [-0.2, -0.15) is 8.78 Å². The third kappa shape index (κ3) is 5.34. The van der Waals surface area contributed by atoms with Gasteiger partial charge in [0.05, 0.1) is 12.6 Å². The van der Waals surface area contributed by atoms with Crippen LogP contribution in [0.15, 0.2) is 24.3 Å². The van der Waals surface area contributed by atoms with Crippen LogP contribution < -0.4 is 15.4 Å². The van der Waals surface area contributed by atoms with Crippen molar-refractivity contribution < 1.29 is 27.1 Å². The first-order chi connectivity index (χ1) is 9.85. The predicted octanol–water partition coefficient (Wildman–Crippen LogP) is 2.32. The van der Waals surface area contributed by atoms with Gasteiger partial charge >= 0.3 is 6.61 Å². The zero-order valence-electron chi connectivity index (χ0n) is 11.3. The summed E-state index contributed by atoms with van der Waals surface area (Å²) < 4.78 is 54.0. The molecule has 1 saturated heterocycles. The molecule has 22 heavy (non-hydrogen) atoms. The second-order valence-electron chi connectivity index (χ2n) is 4.73. The highest BCUT2D eigenvalue weighted by molar-refractivity contribution is 5.85. The van der Waals surface area contributed by atoms with Crippen molar-refractivity contribution in [3.8, 4) is 5.75 Å². The fourth-order valence-corrected chi connectivity index (χ4v) is 2.00. The van der Waals surface area contributed by atoms with Gasteiger partial charge in [0.2, 0.25) is 5.91 Å². The van der Waals surface area contributed by atoms with Crippen molar-refractivity contribution in [3.63, 3.8) is 0 Å². The summed E-state index contributed by atoms with van der Waals surface area (Å²) in [5, 5.41) is 4.96. The summed E-state index contributed by atoms with van der Waals surface area (Å²) >= 11 is 0. The standard InChI is InChI=1S/C13H14F4N2O2.ClH/c14-12(15)21-9-3-1-8(2-4-9)6-18-11(20)10-5-13(16,17)7-19-10;/h1-4,10,12,19H,5-7H2,(H,18,20);1H. The van der Waals surface area contributed by atoms with Crippen molar-refractivity contribution in [3.05, 3.63) is 29.8 Å². The fraction of sp³-hybridized carbons (Fsp3) is 0.462. The molecular weight excluding hydrogens is 328 g/mol. The summed E-state index contributed by atoms with van der Waals surface area (Å²) in [4.78, 5) is 11.7. The lowest BCUT2D eigenvalue weighted by Gasteiger charge is -2.11. The van der Waals surface area contributed by atoms with Gasteiger partial charge in [-0.1, -0.05) is 12.1 Å². The number of nitrogens with one attached hydrogen (secondary N) is 2. The predicted molar refractivity (Wildman–Crippen MR) is 73.5 cm³/mol. The number of carbonyl (C=O) groups excluding carboxylic acids is 1. The number of halogens is 5. The maximum Gasteiger partial charge on any atom is 0.387 e.